The van der Waals surface area contributed by atoms with Gasteiger partial charge in [-0.2, -0.15) is 0 Å². The van der Waals surface area contributed by atoms with Gasteiger partial charge in [-0.25, -0.2) is 4.39 Å². The summed E-state index contributed by atoms with van der Waals surface area (Å²) < 4.78 is 18.2. The fourth-order valence-corrected chi connectivity index (χ4v) is 1.37. The highest BCUT2D eigenvalue weighted by Crippen LogP contribution is 2.16. The average molecular weight is 207 g/mol. The Morgan fingerprint density at radius 2 is 2.07 bits per heavy atom. The van der Waals surface area contributed by atoms with Crippen LogP contribution in [0.4, 0.5) is 4.39 Å². The van der Waals surface area contributed by atoms with Crippen LogP contribution in [0.25, 0.3) is 0 Å². The van der Waals surface area contributed by atoms with Crippen molar-refractivity contribution in [1.29, 1.82) is 0 Å². The van der Waals surface area contributed by atoms with Crippen molar-refractivity contribution in [2.45, 2.75) is 13.0 Å². The van der Waals surface area contributed by atoms with Crippen LogP contribution >= 0.6 is 0 Å². The molecule has 15 heavy (non-hydrogen) atoms. The molecule has 0 fully saturated rings. The van der Waals surface area contributed by atoms with E-state index in [0.717, 1.165) is 0 Å². The Morgan fingerprint density at radius 1 is 1.27 bits per heavy atom. The maximum Gasteiger partial charge on any atom is 0.146 e. The van der Waals surface area contributed by atoms with Gasteiger partial charge in [0, 0.05) is 12.0 Å². The van der Waals surface area contributed by atoms with E-state index in [9.17, 15) is 4.39 Å². The molecule has 0 aliphatic heterocycles. The number of rotatable bonds is 3. The molecule has 2 aromatic rings. The number of hydrogen-bond acceptors (Lipinski definition) is 3. The summed E-state index contributed by atoms with van der Waals surface area (Å²) in [4.78, 5) is 0. The standard InChI is InChI=1S/C11H10FNO2/c12-10-4-2-1-3-8(10)5-11-9(7-14)6-13-15-11/h1-4,6,14H,5,7H2. The summed E-state index contributed by atoms with van der Waals surface area (Å²) >= 11 is 0. The third-order valence-corrected chi connectivity index (χ3v) is 2.21. The number of aromatic nitrogens is 1. The van der Waals surface area contributed by atoms with E-state index in [-0.39, 0.29) is 12.4 Å². The molecule has 78 valence electrons. The van der Waals surface area contributed by atoms with Gasteiger partial charge in [-0.3, -0.25) is 0 Å². The van der Waals surface area contributed by atoms with Gasteiger partial charge in [-0.1, -0.05) is 23.4 Å². The third kappa shape index (κ3) is 2.05. The average Bonchev–Trinajstić information content (AvgIpc) is 2.69. The Morgan fingerprint density at radius 3 is 2.80 bits per heavy atom. The molecule has 0 amide bonds. The molecule has 1 aromatic carbocycles. The van der Waals surface area contributed by atoms with Crippen LogP contribution in [0.2, 0.25) is 0 Å². The van der Waals surface area contributed by atoms with Gasteiger partial charge < -0.3 is 9.63 Å². The van der Waals surface area contributed by atoms with E-state index in [1.807, 2.05) is 0 Å². The third-order valence-electron chi connectivity index (χ3n) is 2.21. The van der Waals surface area contributed by atoms with Crippen LogP contribution in [0.5, 0.6) is 0 Å². The lowest BCUT2D eigenvalue weighted by molar-refractivity contribution is 0.277. The molecule has 0 bridgehead atoms. The van der Waals surface area contributed by atoms with Crippen molar-refractivity contribution >= 4 is 0 Å². The summed E-state index contributed by atoms with van der Waals surface area (Å²) in [5, 5.41) is 12.5. The molecule has 2 rings (SSSR count). The minimum Gasteiger partial charge on any atom is -0.391 e. The Balaban J connectivity index is 2.26. The molecule has 1 heterocycles. The topological polar surface area (TPSA) is 46.3 Å². The van der Waals surface area contributed by atoms with E-state index in [4.69, 9.17) is 9.63 Å². The van der Waals surface area contributed by atoms with Gasteiger partial charge in [0.15, 0.2) is 0 Å². The number of benzene rings is 1. The molecule has 3 nitrogen and oxygen atoms in total. The van der Waals surface area contributed by atoms with E-state index >= 15 is 0 Å². The van der Waals surface area contributed by atoms with Crippen molar-refractivity contribution in [2.24, 2.45) is 0 Å². The minimum atomic E-state index is -0.280. The van der Waals surface area contributed by atoms with Crippen molar-refractivity contribution in [2.75, 3.05) is 0 Å². The minimum absolute atomic E-state index is 0.146. The molecule has 0 unspecified atom stereocenters. The molecule has 1 N–H and O–H groups in total. The highest BCUT2D eigenvalue weighted by Gasteiger charge is 2.10. The molecule has 0 atom stereocenters. The maximum absolute atomic E-state index is 13.3. The molecule has 0 aliphatic carbocycles. The number of aliphatic hydroxyl groups excluding tert-OH is 1. The zero-order valence-electron chi connectivity index (χ0n) is 7.98. The van der Waals surface area contributed by atoms with Crippen molar-refractivity contribution in [3.05, 3.63) is 53.2 Å². The van der Waals surface area contributed by atoms with Crippen LogP contribution in [0.1, 0.15) is 16.9 Å². The molecule has 0 aliphatic rings. The monoisotopic (exact) mass is 207 g/mol. The van der Waals surface area contributed by atoms with E-state index in [0.29, 0.717) is 23.3 Å². The highest BCUT2D eigenvalue weighted by molar-refractivity contribution is 5.25. The van der Waals surface area contributed by atoms with Crippen molar-refractivity contribution in [1.82, 2.24) is 5.16 Å². The number of nitrogens with zero attached hydrogens (tertiary/aromatic N) is 1. The molecule has 0 spiro atoms. The van der Waals surface area contributed by atoms with Gasteiger partial charge in [-0.05, 0) is 11.6 Å². The molecule has 4 heteroatoms. The lowest BCUT2D eigenvalue weighted by Crippen LogP contribution is -1.94. The van der Waals surface area contributed by atoms with Crippen LogP contribution in [0.15, 0.2) is 35.0 Å². The molecular formula is C11H10FNO2. The van der Waals surface area contributed by atoms with Gasteiger partial charge in [-0.15, -0.1) is 0 Å². The summed E-state index contributed by atoms with van der Waals surface area (Å²) in [7, 11) is 0. The zero-order valence-corrected chi connectivity index (χ0v) is 7.98. The second kappa shape index (κ2) is 4.23. The Labute approximate surface area is 86.1 Å². The summed E-state index contributed by atoms with van der Waals surface area (Å²) in [6.07, 6.45) is 1.75. The lowest BCUT2D eigenvalue weighted by atomic mass is 10.1. The first kappa shape index (κ1) is 9.86. The SMILES string of the molecule is OCc1cnoc1Cc1ccccc1F. The Hall–Kier alpha value is -1.68. The molecule has 0 saturated carbocycles. The Kier molecular flexibility index (Phi) is 2.78. The first-order valence-corrected chi connectivity index (χ1v) is 4.58. The molecular weight excluding hydrogens is 197 g/mol. The molecule has 0 radical (unpaired) electrons. The fourth-order valence-electron chi connectivity index (χ4n) is 1.37. The largest absolute Gasteiger partial charge is 0.391 e. The summed E-state index contributed by atoms with van der Waals surface area (Å²) in [5.74, 6) is 0.223. The number of hydrogen-bond donors (Lipinski definition) is 1. The smallest absolute Gasteiger partial charge is 0.146 e. The van der Waals surface area contributed by atoms with E-state index in [2.05, 4.69) is 5.16 Å². The van der Waals surface area contributed by atoms with Gasteiger partial charge in [0.1, 0.15) is 11.6 Å². The van der Waals surface area contributed by atoms with Crippen LogP contribution < -0.4 is 0 Å². The summed E-state index contributed by atoms with van der Waals surface area (Å²) in [5.41, 5.74) is 1.13. The van der Waals surface area contributed by atoms with Crippen molar-refractivity contribution in [3.8, 4) is 0 Å². The lowest BCUT2D eigenvalue weighted by Gasteiger charge is -2.00. The zero-order chi connectivity index (χ0) is 10.7. The van der Waals surface area contributed by atoms with E-state index in [1.54, 1.807) is 18.2 Å². The first-order chi connectivity index (χ1) is 7.31. The van der Waals surface area contributed by atoms with Crippen molar-refractivity contribution in [3.63, 3.8) is 0 Å². The molecule has 1 aromatic heterocycles. The van der Waals surface area contributed by atoms with Crippen LogP contribution in [0, 0.1) is 5.82 Å². The first-order valence-electron chi connectivity index (χ1n) is 4.58. The quantitative estimate of drug-likeness (QED) is 0.836. The normalized spacial score (nSPS) is 10.5. The van der Waals surface area contributed by atoms with Crippen LogP contribution in [0.3, 0.4) is 0 Å². The predicted octanol–water partition coefficient (Wildman–Crippen LogP) is 1.90. The van der Waals surface area contributed by atoms with E-state index < -0.39 is 0 Å². The second-order valence-corrected chi connectivity index (χ2v) is 3.20. The van der Waals surface area contributed by atoms with Gasteiger partial charge in [0.05, 0.1) is 12.8 Å². The number of aliphatic hydroxyl groups is 1. The highest BCUT2D eigenvalue weighted by atomic mass is 19.1. The summed E-state index contributed by atoms with van der Waals surface area (Å²) in [6.45, 7) is -0.146. The van der Waals surface area contributed by atoms with Crippen LogP contribution in [-0.4, -0.2) is 10.3 Å². The summed E-state index contributed by atoms with van der Waals surface area (Å²) in [6, 6.07) is 6.46. The van der Waals surface area contributed by atoms with Gasteiger partial charge >= 0.3 is 0 Å². The predicted molar refractivity (Wildman–Crippen MR) is 51.6 cm³/mol. The second-order valence-electron chi connectivity index (χ2n) is 3.20. The molecule has 0 saturated heterocycles. The number of halogens is 1. The van der Waals surface area contributed by atoms with Crippen molar-refractivity contribution < 1.29 is 14.0 Å². The Bertz CT molecular complexity index is 453. The maximum atomic E-state index is 13.3. The van der Waals surface area contributed by atoms with Crippen LogP contribution in [-0.2, 0) is 13.0 Å². The van der Waals surface area contributed by atoms with E-state index in [1.165, 1.54) is 12.3 Å². The fraction of sp³-hybridized carbons (Fsp3) is 0.182. The van der Waals surface area contributed by atoms with Gasteiger partial charge in [0.2, 0.25) is 0 Å². The van der Waals surface area contributed by atoms with Gasteiger partial charge in [0.25, 0.3) is 0 Å².